The summed E-state index contributed by atoms with van der Waals surface area (Å²) in [4.78, 5) is 31.3. The fourth-order valence-corrected chi connectivity index (χ4v) is 3.18. The Morgan fingerprint density at radius 3 is 1.38 bits per heavy atom. The third-order valence-corrected chi connectivity index (χ3v) is 4.77. The van der Waals surface area contributed by atoms with Crippen LogP contribution >= 0.6 is 0 Å². The summed E-state index contributed by atoms with van der Waals surface area (Å²) in [6.07, 6.45) is 6.86. The highest BCUT2D eigenvalue weighted by Gasteiger charge is 2.02. The predicted octanol–water partition coefficient (Wildman–Crippen LogP) is 5.50. The van der Waals surface area contributed by atoms with Crippen molar-refractivity contribution in [1.29, 1.82) is 0 Å². The van der Waals surface area contributed by atoms with Gasteiger partial charge in [0.2, 0.25) is 0 Å². The highest BCUT2D eigenvalue weighted by atomic mass is 15.0. The van der Waals surface area contributed by atoms with Gasteiger partial charge in [0, 0.05) is 12.4 Å². The number of rotatable bonds is 6. The molecule has 0 N–H and O–H groups in total. The van der Waals surface area contributed by atoms with Gasteiger partial charge in [0.15, 0.2) is 11.6 Å². The first-order chi connectivity index (χ1) is 16.8. The van der Waals surface area contributed by atoms with Gasteiger partial charge < -0.3 is 0 Å². The van der Waals surface area contributed by atoms with Crippen LogP contribution in [0.1, 0.15) is 11.4 Å². The molecule has 0 radical (unpaired) electrons. The maximum Gasteiger partial charge on any atom is 0.154 e. The molecule has 0 bridgehead atoms. The van der Waals surface area contributed by atoms with Crippen molar-refractivity contribution in [2.45, 2.75) is 0 Å². The first-order valence-corrected chi connectivity index (χ1v) is 10.7. The maximum absolute atomic E-state index is 4.61. The van der Waals surface area contributed by atoms with Crippen LogP contribution in [0.3, 0.4) is 0 Å². The minimum atomic E-state index is 0.537. The molecule has 0 unspecified atom stereocenters. The van der Waals surface area contributed by atoms with E-state index in [4.69, 9.17) is 0 Å². The lowest BCUT2D eigenvalue weighted by atomic mass is 10.2. The molecule has 34 heavy (non-hydrogen) atoms. The van der Waals surface area contributed by atoms with E-state index in [0.717, 1.165) is 34.2 Å². The zero-order valence-corrected chi connectivity index (χ0v) is 18.1. The second-order valence-corrected chi connectivity index (χ2v) is 7.20. The van der Waals surface area contributed by atoms with Crippen molar-refractivity contribution in [3.8, 4) is 22.8 Å². The highest BCUT2D eigenvalue weighted by Crippen LogP contribution is 2.17. The van der Waals surface area contributed by atoms with E-state index < -0.39 is 0 Å². The minimum absolute atomic E-state index is 0.537. The quantitative estimate of drug-likeness (QED) is 0.325. The molecule has 5 heterocycles. The number of pyridine rings is 5. The van der Waals surface area contributed by atoms with Gasteiger partial charge in [-0.15, -0.1) is 0 Å². The first-order valence-electron chi connectivity index (χ1n) is 10.7. The highest BCUT2D eigenvalue weighted by molar-refractivity contribution is 5.81. The molecule has 0 atom stereocenters. The van der Waals surface area contributed by atoms with Crippen LogP contribution in [-0.4, -0.2) is 37.3 Å². The number of aliphatic imine (C=N–C) groups is 2. The molecule has 0 fully saturated rings. The number of nitrogens with zero attached hydrogens (tertiary/aromatic N) is 7. The van der Waals surface area contributed by atoms with Crippen molar-refractivity contribution in [1.82, 2.24) is 24.9 Å². The van der Waals surface area contributed by atoms with Gasteiger partial charge in [0.1, 0.15) is 0 Å². The first kappa shape index (κ1) is 21.0. The average molecular weight is 441 g/mol. The molecule has 0 saturated heterocycles. The molecule has 5 aromatic heterocycles. The van der Waals surface area contributed by atoms with Crippen molar-refractivity contribution < 1.29 is 0 Å². The molecule has 5 aromatic rings. The SMILES string of the molecule is C(=Nc1cccc(/N=C/c2cccc(-c3ccccn3)n2)n1)c1cccc(-c2ccccn2)n1. The molecule has 0 aliphatic carbocycles. The largest absolute Gasteiger partial charge is 0.255 e. The summed E-state index contributed by atoms with van der Waals surface area (Å²) < 4.78 is 0. The Labute approximate surface area is 196 Å². The van der Waals surface area contributed by atoms with E-state index in [2.05, 4.69) is 34.9 Å². The van der Waals surface area contributed by atoms with Gasteiger partial charge in [-0.2, -0.15) is 0 Å². The second kappa shape index (κ2) is 10.1. The van der Waals surface area contributed by atoms with Crippen LogP contribution in [0, 0.1) is 0 Å². The molecule has 0 amide bonds. The lowest BCUT2D eigenvalue weighted by molar-refractivity contribution is 1.22. The van der Waals surface area contributed by atoms with Gasteiger partial charge >= 0.3 is 0 Å². The zero-order valence-electron chi connectivity index (χ0n) is 18.1. The van der Waals surface area contributed by atoms with Gasteiger partial charge in [-0.3, -0.25) is 9.97 Å². The third-order valence-electron chi connectivity index (χ3n) is 4.77. The fraction of sp³-hybridized carbons (Fsp3) is 0. The lowest BCUT2D eigenvalue weighted by Gasteiger charge is -2.01. The Bertz CT molecular complexity index is 1340. The van der Waals surface area contributed by atoms with Gasteiger partial charge in [-0.25, -0.2) is 24.9 Å². The molecule has 5 rings (SSSR count). The number of hydrogen-bond acceptors (Lipinski definition) is 7. The zero-order chi connectivity index (χ0) is 23.0. The van der Waals surface area contributed by atoms with Crippen molar-refractivity contribution >= 4 is 24.1 Å². The summed E-state index contributed by atoms with van der Waals surface area (Å²) in [6, 6.07) is 28.4. The molecular formula is C27H19N7. The van der Waals surface area contributed by atoms with E-state index in [1.807, 2.05) is 91.0 Å². The van der Waals surface area contributed by atoms with Crippen LogP contribution in [0.25, 0.3) is 22.8 Å². The number of aromatic nitrogens is 5. The van der Waals surface area contributed by atoms with E-state index in [1.165, 1.54) is 0 Å². The lowest BCUT2D eigenvalue weighted by Crippen LogP contribution is -1.92. The molecule has 0 saturated carbocycles. The van der Waals surface area contributed by atoms with Crippen molar-refractivity contribution in [2.24, 2.45) is 9.98 Å². The smallest absolute Gasteiger partial charge is 0.154 e. The van der Waals surface area contributed by atoms with E-state index in [9.17, 15) is 0 Å². The Hall–Kier alpha value is -4.91. The second-order valence-electron chi connectivity index (χ2n) is 7.20. The van der Waals surface area contributed by atoms with Crippen molar-refractivity contribution in [3.05, 3.63) is 115 Å². The van der Waals surface area contributed by atoms with E-state index in [1.54, 1.807) is 24.8 Å². The summed E-state index contributed by atoms with van der Waals surface area (Å²) in [7, 11) is 0. The van der Waals surface area contributed by atoms with Crippen LogP contribution in [0.4, 0.5) is 11.6 Å². The van der Waals surface area contributed by atoms with Gasteiger partial charge in [-0.05, 0) is 60.7 Å². The normalized spacial score (nSPS) is 11.3. The third kappa shape index (κ3) is 5.28. The summed E-state index contributed by atoms with van der Waals surface area (Å²) in [5.41, 5.74) is 4.64. The summed E-state index contributed by atoms with van der Waals surface area (Å²) in [5.74, 6) is 1.07. The Kier molecular flexibility index (Phi) is 6.25. The molecule has 7 heteroatoms. The van der Waals surface area contributed by atoms with Gasteiger partial charge in [-0.1, -0.05) is 30.3 Å². The van der Waals surface area contributed by atoms with E-state index in [0.29, 0.717) is 11.6 Å². The van der Waals surface area contributed by atoms with Crippen LogP contribution in [-0.2, 0) is 0 Å². The summed E-state index contributed by atoms with van der Waals surface area (Å²) in [6.45, 7) is 0. The molecule has 7 nitrogen and oxygen atoms in total. The van der Waals surface area contributed by atoms with Gasteiger partial charge in [0.25, 0.3) is 0 Å². The molecule has 0 aliphatic heterocycles. The van der Waals surface area contributed by atoms with Crippen molar-refractivity contribution in [3.63, 3.8) is 0 Å². The molecular weight excluding hydrogens is 422 g/mol. The monoisotopic (exact) mass is 441 g/mol. The number of hydrogen-bond donors (Lipinski definition) is 0. The summed E-state index contributed by atoms with van der Waals surface area (Å²) >= 11 is 0. The van der Waals surface area contributed by atoms with E-state index >= 15 is 0 Å². The Morgan fingerprint density at radius 1 is 0.441 bits per heavy atom. The minimum Gasteiger partial charge on any atom is -0.255 e. The van der Waals surface area contributed by atoms with Gasteiger partial charge in [0.05, 0.1) is 46.6 Å². The van der Waals surface area contributed by atoms with E-state index in [-0.39, 0.29) is 0 Å². The molecule has 0 aliphatic rings. The van der Waals surface area contributed by atoms with Crippen molar-refractivity contribution in [2.75, 3.05) is 0 Å². The molecule has 0 spiro atoms. The topological polar surface area (TPSA) is 89.2 Å². The summed E-state index contributed by atoms with van der Waals surface area (Å²) in [5, 5.41) is 0. The Morgan fingerprint density at radius 2 is 0.912 bits per heavy atom. The van der Waals surface area contributed by atoms with Crippen LogP contribution in [0.5, 0.6) is 0 Å². The maximum atomic E-state index is 4.61. The predicted molar refractivity (Wildman–Crippen MR) is 134 cm³/mol. The molecule has 162 valence electrons. The molecule has 0 aromatic carbocycles. The van der Waals surface area contributed by atoms with Crippen LogP contribution in [0.2, 0.25) is 0 Å². The fourth-order valence-electron chi connectivity index (χ4n) is 3.18. The standard InChI is InChI=1S/C27H19N7/c1-3-16-28-22(10-1)24-12-5-8-20(32-24)18-30-26-14-7-15-27(34-26)31-19-21-9-6-13-25(33-21)23-11-2-4-17-29-23/h1-19H/b30-18+,31-19?. The van der Waals surface area contributed by atoms with Crippen LogP contribution in [0.15, 0.2) is 113 Å². The van der Waals surface area contributed by atoms with Crippen LogP contribution < -0.4 is 0 Å². The Balaban J connectivity index is 1.32. The average Bonchev–Trinajstić information content (AvgIpc) is 2.92.